The number of esters is 1. The smallest absolute Gasteiger partial charge is 0.309 e. The van der Waals surface area contributed by atoms with Crippen LogP contribution in [0.4, 0.5) is 5.69 Å². The molecule has 0 aromatic heterocycles. The highest BCUT2D eigenvalue weighted by molar-refractivity contribution is 5.92. The summed E-state index contributed by atoms with van der Waals surface area (Å²) in [5.41, 5.74) is 1.66. The van der Waals surface area contributed by atoms with Crippen LogP contribution >= 0.6 is 0 Å². The molecule has 0 saturated carbocycles. The number of anilines is 1. The van der Waals surface area contributed by atoms with Crippen LogP contribution in [0.3, 0.4) is 0 Å². The lowest BCUT2D eigenvalue weighted by molar-refractivity contribution is -0.147. The molecule has 30 heavy (non-hydrogen) atoms. The summed E-state index contributed by atoms with van der Waals surface area (Å²) in [4.78, 5) is 23.8. The first-order valence-corrected chi connectivity index (χ1v) is 9.56. The van der Waals surface area contributed by atoms with Crippen LogP contribution < -0.4 is 14.8 Å². The van der Waals surface area contributed by atoms with Crippen LogP contribution in [0, 0.1) is 6.92 Å². The molecule has 0 saturated heterocycles. The van der Waals surface area contributed by atoms with Gasteiger partial charge in [0, 0.05) is 5.69 Å². The van der Waals surface area contributed by atoms with Gasteiger partial charge < -0.3 is 19.5 Å². The fourth-order valence-electron chi connectivity index (χ4n) is 2.60. The Hall–Kier alpha value is -3.80. The highest BCUT2D eigenvalue weighted by atomic mass is 16.5. The number of benzene rings is 3. The van der Waals surface area contributed by atoms with Gasteiger partial charge in [-0.1, -0.05) is 30.3 Å². The van der Waals surface area contributed by atoms with Gasteiger partial charge in [0.2, 0.25) is 0 Å². The van der Waals surface area contributed by atoms with Gasteiger partial charge in [-0.2, -0.15) is 0 Å². The molecule has 1 N–H and O–H groups in total. The van der Waals surface area contributed by atoms with Crippen molar-refractivity contribution in [2.75, 3.05) is 18.5 Å². The molecule has 0 aliphatic carbocycles. The van der Waals surface area contributed by atoms with Crippen molar-refractivity contribution in [2.24, 2.45) is 0 Å². The Bertz CT molecular complexity index is 970. The first kappa shape index (κ1) is 20.9. The van der Waals surface area contributed by atoms with Crippen LogP contribution in [0.1, 0.15) is 12.0 Å². The second kappa shape index (κ2) is 10.7. The number of hydrogen-bond donors (Lipinski definition) is 1. The van der Waals surface area contributed by atoms with E-state index in [-0.39, 0.29) is 19.6 Å². The Labute approximate surface area is 175 Å². The number of carbonyl (C=O) groups is 2. The second-order valence-corrected chi connectivity index (χ2v) is 6.56. The number of carbonyl (C=O) groups excluding carboxylic acids is 2. The lowest BCUT2D eigenvalue weighted by Gasteiger charge is -2.09. The zero-order valence-electron chi connectivity index (χ0n) is 16.7. The molecule has 0 heterocycles. The molecule has 0 aliphatic heterocycles. The van der Waals surface area contributed by atoms with E-state index in [4.69, 9.17) is 14.2 Å². The number of ether oxygens (including phenoxy) is 3. The second-order valence-electron chi connectivity index (χ2n) is 6.56. The van der Waals surface area contributed by atoms with Crippen molar-refractivity contribution < 1.29 is 23.8 Å². The topological polar surface area (TPSA) is 73.9 Å². The molecule has 3 rings (SSSR count). The summed E-state index contributed by atoms with van der Waals surface area (Å²) in [5.74, 6) is 1.16. The van der Waals surface area contributed by atoms with Crippen molar-refractivity contribution in [1.29, 1.82) is 0 Å². The number of hydrogen-bond acceptors (Lipinski definition) is 5. The summed E-state index contributed by atoms with van der Waals surface area (Å²) in [6.45, 7) is 1.79. The van der Waals surface area contributed by atoms with E-state index in [0.717, 1.165) is 11.3 Å². The molecule has 3 aromatic rings. The molecule has 0 unspecified atom stereocenters. The summed E-state index contributed by atoms with van der Waals surface area (Å²) in [7, 11) is 0. The number of amides is 1. The van der Waals surface area contributed by atoms with E-state index in [1.807, 2.05) is 61.5 Å². The van der Waals surface area contributed by atoms with Crippen LogP contribution in [0.15, 0.2) is 78.9 Å². The van der Waals surface area contributed by atoms with Crippen LogP contribution in [-0.4, -0.2) is 25.1 Å². The van der Waals surface area contributed by atoms with Gasteiger partial charge in [0.25, 0.3) is 5.91 Å². The van der Waals surface area contributed by atoms with Crippen molar-refractivity contribution in [3.8, 4) is 17.2 Å². The first-order chi connectivity index (χ1) is 14.6. The van der Waals surface area contributed by atoms with Crippen LogP contribution in [0.25, 0.3) is 0 Å². The van der Waals surface area contributed by atoms with Gasteiger partial charge in [0.05, 0.1) is 13.0 Å². The van der Waals surface area contributed by atoms with Crippen LogP contribution in [0.5, 0.6) is 17.2 Å². The van der Waals surface area contributed by atoms with Crippen molar-refractivity contribution in [1.82, 2.24) is 0 Å². The van der Waals surface area contributed by atoms with Gasteiger partial charge in [-0.25, -0.2) is 0 Å². The maximum Gasteiger partial charge on any atom is 0.309 e. The Kier molecular flexibility index (Phi) is 7.44. The van der Waals surface area contributed by atoms with E-state index in [9.17, 15) is 9.59 Å². The standard InChI is InChI=1S/C24H23NO5/c1-18-6-5-9-22(16-18)28-15-14-24(27)29-17-23(26)25-19-10-12-21(13-11-19)30-20-7-3-2-4-8-20/h2-13,16H,14-15,17H2,1H3,(H,25,26). The van der Waals surface area contributed by atoms with E-state index in [2.05, 4.69) is 5.32 Å². The molecule has 0 bridgehead atoms. The lowest BCUT2D eigenvalue weighted by Crippen LogP contribution is -2.21. The molecule has 0 aliphatic rings. The van der Waals surface area contributed by atoms with Crippen molar-refractivity contribution in [3.63, 3.8) is 0 Å². The predicted octanol–water partition coefficient (Wildman–Crippen LogP) is 4.74. The van der Waals surface area contributed by atoms with E-state index in [0.29, 0.717) is 17.2 Å². The molecule has 6 nitrogen and oxygen atoms in total. The van der Waals surface area contributed by atoms with Gasteiger partial charge >= 0.3 is 5.97 Å². The molecule has 6 heteroatoms. The maximum absolute atomic E-state index is 12.0. The Morgan fingerprint density at radius 2 is 1.53 bits per heavy atom. The van der Waals surface area contributed by atoms with Crippen LogP contribution in [0.2, 0.25) is 0 Å². The summed E-state index contributed by atoms with van der Waals surface area (Å²) in [6, 6.07) is 23.9. The Balaban J connectivity index is 1.36. The summed E-state index contributed by atoms with van der Waals surface area (Å²) in [5, 5.41) is 2.67. The third-order valence-electron chi connectivity index (χ3n) is 4.05. The monoisotopic (exact) mass is 405 g/mol. The van der Waals surface area contributed by atoms with E-state index < -0.39 is 11.9 Å². The number of para-hydroxylation sites is 1. The molecule has 0 radical (unpaired) electrons. The molecule has 0 atom stereocenters. The molecule has 154 valence electrons. The highest BCUT2D eigenvalue weighted by Gasteiger charge is 2.09. The average Bonchev–Trinajstić information content (AvgIpc) is 2.74. The van der Waals surface area contributed by atoms with Gasteiger partial charge in [-0.15, -0.1) is 0 Å². The minimum atomic E-state index is -0.496. The minimum Gasteiger partial charge on any atom is -0.493 e. The fraction of sp³-hybridized carbons (Fsp3) is 0.167. The largest absolute Gasteiger partial charge is 0.493 e. The summed E-state index contributed by atoms with van der Waals surface area (Å²) < 4.78 is 16.2. The number of aryl methyl sites for hydroxylation is 1. The third-order valence-corrected chi connectivity index (χ3v) is 4.05. The Morgan fingerprint density at radius 1 is 0.833 bits per heavy atom. The normalized spacial score (nSPS) is 10.2. The van der Waals surface area contributed by atoms with E-state index >= 15 is 0 Å². The number of nitrogens with one attached hydrogen (secondary N) is 1. The minimum absolute atomic E-state index is 0.0622. The zero-order chi connectivity index (χ0) is 21.2. The van der Waals surface area contributed by atoms with Gasteiger partial charge in [0.1, 0.15) is 17.2 Å². The summed E-state index contributed by atoms with van der Waals surface area (Å²) >= 11 is 0. The fourth-order valence-corrected chi connectivity index (χ4v) is 2.60. The molecule has 1 amide bonds. The van der Waals surface area contributed by atoms with Crippen molar-refractivity contribution in [3.05, 3.63) is 84.4 Å². The van der Waals surface area contributed by atoms with Gasteiger partial charge in [-0.05, 0) is 61.0 Å². The maximum atomic E-state index is 12.0. The SMILES string of the molecule is Cc1cccc(OCCC(=O)OCC(=O)Nc2ccc(Oc3ccccc3)cc2)c1. The van der Waals surface area contributed by atoms with E-state index in [1.54, 1.807) is 24.3 Å². The third kappa shape index (κ3) is 6.98. The Morgan fingerprint density at radius 3 is 2.27 bits per heavy atom. The highest BCUT2D eigenvalue weighted by Crippen LogP contribution is 2.22. The predicted molar refractivity (Wildman–Crippen MR) is 114 cm³/mol. The molecular weight excluding hydrogens is 382 g/mol. The quantitative estimate of drug-likeness (QED) is 0.521. The van der Waals surface area contributed by atoms with Crippen molar-refractivity contribution in [2.45, 2.75) is 13.3 Å². The van der Waals surface area contributed by atoms with Gasteiger partial charge in [0.15, 0.2) is 6.61 Å². The van der Waals surface area contributed by atoms with E-state index in [1.165, 1.54) is 0 Å². The van der Waals surface area contributed by atoms with Crippen molar-refractivity contribution >= 4 is 17.6 Å². The summed E-state index contributed by atoms with van der Waals surface area (Å²) in [6.07, 6.45) is 0.0622. The average molecular weight is 405 g/mol. The lowest BCUT2D eigenvalue weighted by atomic mass is 10.2. The zero-order valence-corrected chi connectivity index (χ0v) is 16.7. The molecule has 0 fully saturated rings. The molecule has 0 spiro atoms. The van der Waals surface area contributed by atoms with Crippen LogP contribution in [-0.2, 0) is 14.3 Å². The number of rotatable bonds is 9. The molecule has 3 aromatic carbocycles. The molecular formula is C24H23NO5. The first-order valence-electron chi connectivity index (χ1n) is 9.56. The van der Waals surface area contributed by atoms with Gasteiger partial charge in [-0.3, -0.25) is 9.59 Å².